The molecule has 36 heavy (non-hydrogen) atoms. The lowest BCUT2D eigenvalue weighted by molar-refractivity contribution is 0.158. The van der Waals surface area contributed by atoms with Crippen molar-refractivity contribution in [2.75, 3.05) is 52.4 Å². The third-order valence-corrected chi connectivity index (χ3v) is 7.55. The number of fused-ring (bicyclic) bond motifs is 1. The quantitative estimate of drug-likeness (QED) is 0.567. The van der Waals surface area contributed by atoms with E-state index in [9.17, 15) is 5.11 Å². The molecule has 5 heteroatoms. The Bertz CT molecular complexity index is 970. The van der Waals surface area contributed by atoms with Gasteiger partial charge in [-0.3, -0.25) is 9.88 Å². The monoisotopic (exact) mass is 488 g/mol. The highest BCUT2D eigenvalue weighted by Gasteiger charge is 2.20. The van der Waals surface area contributed by atoms with E-state index in [0.717, 1.165) is 45.6 Å². The van der Waals surface area contributed by atoms with Gasteiger partial charge < -0.3 is 14.9 Å². The second kappa shape index (κ2) is 14.2. The van der Waals surface area contributed by atoms with Gasteiger partial charge in [0.25, 0.3) is 0 Å². The van der Waals surface area contributed by atoms with Crippen LogP contribution in [0.25, 0.3) is 6.08 Å². The Labute approximate surface area is 218 Å². The second-order valence-electron chi connectivity index (χ2n) is 10.2. The number of piperazine rings is 1. The first-order chi connectivity index (χ1) is 17.7. The number of piperidine rings is 1. The Kier molecular flexibility index (Phi) is 10.4. The van der Waals surface area contributed by atoms with Gasteiger partial charge in [0.15, 0.2) is 0 Å². The highest BCUT2D eigenvalue weighted by Crippen LogP contribution is 2.21. The molecule has 5 nitrogen and oxygen atoms in total. The van der Waals surface area contributed by atoms with Crippen molar-refractivity contribution in [2.45, 2.75) is 51.9 Å². The Morgan fingerprint density at radius 3 is 2.36 bits per heavy atom. The van der Waals surface area contributed by atoms with E-state index in [1.54, 1.807) is 12.1 Å². The van der Waals surface area contributed by atoms with Crippen LogP contribution in [-0.2, 0) is 12.8 Å². The van der Waals surface area contributed by atoms with Gasteiger partial charge in [-0.1, -0.05) is 50.1 Å². The number of phenols is 1. The van der Waals surface area contributed by atoms with Gasteiger partial charge in [0.1, 0.15) is 5.75 Å². The van der Waals surface area contributed by atoms with Gasteiger partial charge in [-0.15, -0.1) is 0 Å². The zero-order valence-electron chi connectivity index (χ0n) is 22.1. The van der Waals surface area contributed by atoms with Crippen molar-refractivity contribution in [3.05, 3.63) is 77.3 Å². The average molecular weight is 489 g/mol. The van der Waals surface area contributed by atoms with Crippen LogP contribution < -0.4 is 0 Å². The molecule has 0 atom stereocenters. The Balaban J connectivity index is 0.000000256. The Morgan fingerprint density at radius 2 is 1.61 bits per heavy atom. The van der Waals surface area contributed by atoms with E-state index < -0.39 is 0 Å². The average Bonchev–Trinajstić information content (AvgIpc) is 3.16. The van der Waals surface area contributed by atoms with Crippen LogP contribution in [-0.4, -0.2) is 77.1 Å². The van der Waals surface area contributed by atoms with Crippen LogP contribution in [0.3, 0.4) is 0 Å². The fourth-order valence-corrected chi connectivity index (χ4v) is 5.23. The highest BCUT2D eigenvalue weighted by molar-refractivity contribution is 5.56. The summed E-state index contributed by atoms with van der Waals surface area (Å²) in [4.78, 5) is 12.2. The van der Waals surface area contributed by atoms with Crippen molar-refractivity contribution in [1.29, 1.82) is 0 Å². The predicted molar refractivity (Wildman–Crippen MR) is 150 cm³/mol. The number of phenolic OH excluding ortho intramolecular Hbond substituents is 1. The molecule has 1 N–H and O–H groups in total. The maximum atomic E-state index is 9.38. The molecule has 0 unspecified atom stereocenters. The molecule has 3 heterocycles. The van der Waals surface area contributed by atoms with E-state index in [2.05, 4.69) is 50.9 Å². The molecular weight excluding hydrogens is 444 g/mol. The molecule has 1 aromatic heterocycles. The number of pyridine rings is 1. The van der Waals surface area contributed by atoms with E-state index in [0.29, 0.717) is 5.75 Å². The topological polar surface area (TPSA) is 42.8 Å². The molecule has 2 aromatic rings. The molecule has 1 aliphatic carbocycles. The fourth-order valence-electron chi connectivity index (χ4n) is 5.23. The molecule has 0 saturated carbocycles. The highest BCUT2D eigenvalue weighted by atomic mass is 16.3. The first-order valence-electron chi connectivity index (χ1n) is 14.0. The number of rotatable bonds is 7. The minimum absolute atomic E-state index is 0.337. The minimum Gasteiger partial charge on any atom is -0.508 e. The van der Waals surface area contributed by atoms with Gasteiger partial charge in [0.05, 0.1) is 5.69 Å². The molecule has 0 bridgehead atoms. The van der Waals surface area contributed by atoms with Crippen molar-refractivity contribution < 1.29 is 5.11 Å². The van der Waals surface area contributed by atoms with E-state index in [1.807, 2.05) is 24.4 Å². The lowest BCUT2D eigenvalue weighted by Crippen LogP contribution is -2.46. The van der Waals surface area contributed by atoms with Crippen molar-refractivity contribution in [3.63, 3.8) is 0 Å². The van der Waals surface area contributed by atoms with Crippen molar-refractivity contribution in [2.24, 2.45) is 0 Å². The van der Waals surface area contributed by atoms with Crippen molar-refractivity contribution in [1.82, 2.24) is 19.7 Å². The van der Waals surface area contributed by atoms with Gasteiger partial charge in [0.2, 0.25) is 0 Å². The maximum absolute atomic E-state index is 9.38. The zero-order chi connectivity index (χ0) is 25.0. The summed E-state index contributed by atoms with van der Waals surface area (Å²) in [5.41, 5.74) is 5.05. The SMILES string of the molecule is CCCCN1CCCCC1.Oc1ccc(CCN2CCN(C3=CC=Cc4cccnc4C3)CC2)cc1. The summed E-state index contributed by atoms with van der Waals surface area (Å²) in [5, 5.41) is 9.38. The molecule has 0 spiro atoms. The van der Waals surface area contributed by atoms with Gasteiger partial charge in [-0.25, -0.2) is 0 Å². The van der Waals surface area contributed by atoms with E-state index in [4.69, 9.17) is 0 Å². The first-order valence-corrected chi connectivity index (χ1v) is 14.0. The number of hydrogen-bond acceptors (Lipinski definition) is 5. The van der Waals surface area contributed by atoms with Crippen LogP contribution in [0.1, 0.15) is 55.8 Å². The summed E-state index contributed by atoms with van der Waals surface area (Å²) in [7, 11) is 0. The van der Waals surface area contributed by atoms with Crippen LogP contribution in [0.15, 0.2) is 60.4 Å². The number of aromatic nitrogens is 1. The Hall–Kier alpha value is -2.63. The van der Waals surface area contributed by atoms with E-state index >= 15 is 0 Å². The predicted octanol–water partition coefficient (Wildman–Crippen LogP) is 5.37. The van der Waals surface area contributed by atoms with Gasteiger partial charge in [-0.05, 0) is 80.7 Å². The summed E-state index contributed by atoms with van der Waals surface area (Å²) in [6.45, 7) is 11.7. The van der Waals surface area contributed by atoms with Crippen LogP contribution in [0.5, 0.6) is 5.75 Å². The number of allylic oxidation sites excluding steroid dienone is 3. The first kappa shape index (κ1) is 26.4. The smallest absolute Gasteiger partial charge is 0.115 e. The number of benzene rings is 1. The zero-order valence-corrected chi connectivity index (χ0v) is 22.1. The third-order valence-electron chi connectivity index (χ3n) is 7.55. The molecule has 194 valence electrons. The summed E-state index contributed by atoms with van der Waals surface area (Å²) < 4.78 is 0. The lowest BCUT2D eigenvalue weighted by Gasteiger charge is -2.37. The fraction of sp³-hybridized carbons (Fsp3) is 0.516. The molecule has 0 radical (unpaired) electrons. The standard InChI is InChI=1S/C22H25N3O.C9H19N/c26-21-8-6-18(7-9-21)10-12-24-13-15-25(16-14-24)20-5-1-3-19-4-2-11-23-22(19)17-20;1-2-3-7-10-8-5-4-6-9-10/h1-9,11,26H,10,12-17H2;2-9H2,1H3. The molecule has 1 aromatic carbocycles. The molecule has 3 aliphatic rings. The molecule has 2 saturated heterocycles. The molecular formula is C31H44N4O. The summed E-state index contributed by atoms with van der Waals surface area (Å²) in [6, 6.07) is 11.7. The van der Waals surface area contributed by atoms with Crippen LogP contribution in [0.2, 0.25) is 0 Å². The number of hydrogen-bond donors (Lipinski definition) is 1. The largest absolute Gasteiger partial charge is 0.508 e. The minimum atomic E-state index is 0.337. The molecule has 2 aliphatic heterocycles. The number of nitrogens with zero attached hydrogens (tertiary/aromatic N) is 4. The normalized spacial score (nSPS) is 18.6. The number of aromatic hydroxyl groups is 1. The number of unbranched alkanes of at least 4 members (excludes halogenated alkanes) is 1. The van der Waals surface area contributed by atoms with E-state index in [1.165, 1.54) is 74.3 Å². The van der Waals surface area contributed by atoms with Gasteiger partial charge in [0, 0.05) is 51.0 Å². The summed E-state index contributed by atoms with van der Waals surface area (Å²) >= 11 is 0. The maximum Gasteiger partial charge on any atom is 0.115 e. The molecule has 2 fully saturated rings. The Morgan fingerprint density at radius 1 is 0.861 bits per heavy atom. The summed E-state index contributed by atoms with van der Waals surface area (Å²) in [5.74, 6) is 0.337. The van der Waals surface area contributed by atoms with Crippen molar-refractivity contribution >= 4 is 6.08 Å². The van der Waals surface area contributed by atoms with Crippen LogP contribution >= 0.6 is 0 Å². The van der Waals surface area contributed by atoms with Crippen LogP contribution in [0, 0.1) is 0 Å². The number of likely N-dealkylation sites (tertiary alicyclic amines) is 1. The second-order valence-corrected chi connectivity index (χ2v) is 10.2. The van der Waals surface area contributed by atoms with Crippen molar-refractivity contribution in [3.8, 4) is 5.75 Å². The summed E-state index contributed by atoms with van der Waals surface area (Å²) in [6.07, 6.45) is 17.4. The lowest BCUT2D eigenvalue weighted by atomic mass is 10.1. The molecule has 5 rings (SSSR count). The molecule has 0 amide bonds. The van der Waals surface area contributed by atoms with Gasteiger partial charge in [-0.2, -0.15) is 0 Å². The van der Waals surface area contributed by atoms with E-state index in [-0.39, 0.29) is 0 Å². The third kappa shape index (κ3) is 8.21. The van der Waals surface area contributed by atoms with Crippen LogP contribution in [0.4, 0.5) is 0 Å². The van der Waals surface area contributed by atoms with Gasteiger partial charge >= 0.3 is 0 Å².